The van der Waals surface area contributed by atoms with E-state index in [1.165, 1.54) is 4.68 Å². The van der Waals surface area contributed by atoms with Gasteiger partial charge in [0.05, 0.1) is 24.9 Å². The van der Waals surface area contributed by atoms with Crippen molar-refractivity contribution in [3.05, 3.63) is 74.3 Å². The highest BCUT2D eigenvalue weighted by Crippen LogP contribution is 2.25. The highest BCUT2D eigenvalue weighted by Gasteiger charge is 2.24. The third kappa shape index (κ3) is 5.32. The summed E-state index contributed by atoms with van der Waals surface area (Å²) in [6.07, 6.45) is 0. The lowest BCUT2D eigenvalue weighted by atomic mass is 10.1. The van der Waals surface area contributed by atoms with Gasteiger partial charge in [0.1, 0.15) is 10.7 Å². The Labute approximate surface area is 203 Å². The van der Waals surface area contributed by atoms with Crippen molar-refractivity contribution < 1.29 is 19.1 Å². The second-order valence-electron chi connectivity index (χ2n) is 7.96. The number of Topliss-reactive ketones (excluding diaryl/α,β-unsaturated/α-hetero) is 1. The summed E-state index contributed by atoms with van der Waals surface area (Å²) >= 11 is 12.6. The number of carbonyl (C=O) groups is 2. The number of rotatable bonds is 9. The van der Waals surface area contributed by atoms with Gasteiger partial charge in [-0.3, -0.25) is 4.79 Å². The van der Waals surface area contributed by atoms with Gasteiger partial charge in [0.25, 0.3) is 0 Å². The molecule has 1 aromatic carbocycles. The normalized spacial score (nSPS) is 12.1. The van der Waals surface area contributed by atoms with Crippen molar-refractivity contribution in [2.45, 2.75) is 40.3 Å². The van der Waals surface area contributed by atoms with Gasteiger partial charge in [-0.15, -0.1) is 0 Å². The second kappa shape index (κ2) is 10.5. The first-order chi connectivity index (χ1) is 15.6. The standard InChI is InChI=1S/C24H27Cl2N3O4/c1-14-10-19(17(4)29(14)15(2)12-32-5)21(30)13-33-24(31)22-16(3)27-28(23(22)26)11-18-8-6-7-9-20(18)25/h6-10,15H,11-13H2,1-5H3. The molecule has 0 radical (unpaired) electrons. The van der Waals surface area contributed by atoms with Crippen LogP contribution in [0.25, 0.3) is 0 Å². The zero-order valence-electron chi connectivity index (χ0n) is 19.3. The molecule has 1 unspecified atom stereocenters. The van der Waals surface area contributed by atoms with E-state index in [2.05, 4.69) is 5.10 Å². The molecule has 0 aliphatic heterocycles. The largest absolute Gasteiger partial charge is 0.454 e. The number of ether oxygens (including phenoxy) is 2. The molecule has 0 fully saturated rings. The summed E-state index contributed by atoms with van der Waals surface area (Å²) in [5.74, 6) is -0.984. The SMILES string of the molecule is COCC(C)n1c(C)cc(C(=O)COC(=O)c2c(C)nn(Cc3ccccc3Cl)c2Cl)c1C. The molecule has 0 aliphatic carbocycles. The molecule has 33 heavy (non-hydrogen) atoms. The molecule has 3 aromatic rings. The average Bonchev–Trinajstić information content (AvgIpc) is 3.22. The van der Waals surface area contributed by atoms with Gasteiger partial charge in [0, 0.05) is 29.1 Å². The minimum Gasteiger partial charge on any atom is -0.454 e. The molecule has 0 bridgehead atoms. The Morgan fingerprint density at radius 2 is 1.85 bits per heavy atom. The van der Waals surface area contributed by atoms with E-state index in [9.17, 15) is 9.59 Å². The van der Waals surface area contributed by atoms with Crippen LogP contribution in [0.4, 0.5) is 0 Å². The van der Waals surface area contributed by atoms with Crippen LogP contribution in [0.5, 0.6) is 0 Å². The summed E-state index contributed by atoms with van der Waals surface area (Å²) < 4.78 is 14.1. The Bertz CT molecular complexity index is 1180. The molecule has 2 aromatic heterocycles. The Kier molecular flexibility index (Phi) is 8.00. The van der Waals surface area contributed by atoms with E-state index < -0.39 is 12.6 Å². The minimum absolute atomic E-state index is 0.0736. The number of halogens is 2. The second-order valence-corrected chi connectivity index (χ2v) is 8.72. The number of hydrogen-bond donors (Lipinski definition) is 0. The monoisotopic (exact) mass is 491 g/mol. The molecule has 0 aliphatic rings. The van der Waals surface area contributed by atoms with Gasteiger partial charge < -0.3 is 14.0 Å². The van der Waals surface area contributed by atoms with E-state index in [1.807, 2.05) is 43.5 Å². The molecule has 0 N–H and O–H groups in total. The van der Waals surface area contributed by atoms with Crippen molar-refractivity contribution in [2.24, 2.45) is 0 Å². The van der Waals surface area contributed by atoms with E-state index in [0.29, 0.717) is 29.4 Å². The molecule has 176 valence electrons. The van der Waals surface area contributed by atoms with Gasteiger partial charge in [-0.2, -0.15) is 5.10 Å². The van der Waals surface area contributed by atoms with Crippen LogP contribution in [0.15, 0.2) is 30.3 Å². The summed E-state index contributed by atoms with van der Waals surface area (Å²) in [5, 5.41) is 5.06. The fraction of sp³-hybridized carbons (Fsp3) is 0.375. The molecule has 7 nitrogen and oxygen atoms in total. The molecule has 0 amide bonds. The Morgan fingerprint density at radius 3 is 2.52 bits per heavy atom. The van der Waals surface area contributed by atoms with Crippen molar-refractivity contribution in [1.82, 2.24) is 14.3 Å². The van der Waals surface area contributed by atoms with Crippen LogP contribution >= 0.6 is 23.2 Å². The maximum atomic E-state index is 12.8. The zero-order chi connectivity index (χ0) is 24.3. The van der Waals surface area contributed by atoms with Gasteiger partial charge in [-0.05, 0) is 45.4 Å². The Morgan fingerprint density at radius 1 is 1.15 bits per heavy atom. The average molecular weight is 492 g/mol. The third-order valence-corrected chi connectivity index (χ3v) is 6.27. The first-order valence-corrected chi connectivity index (χ1v) is 11.2. The van der Waals surface area contributed by atoms with Gasteiger partial charge >= 0.3 is 5.97 Å². The van der Waals surface area contributed by atoms with Gasteiger partial charge in [0.2, 0.25) is 5.78 Å². The third-order valence-electron chi connectivity index (χ3n) is 5.52. The molecule has 3 rings (SSSR count). The summed E-state index contributed by atoms with van der Waals surface area (Å²) in [5.41, 5.74) is 3.62. The summed E-state index contributed by atoms with van der Waals surface area (Å²) in [7, 11) is 1.64. The number of esters is 1. The lowest BCUT2D eigenvalue weighted by Crippen LogP contribution is -2.17. The zero-order valence-corrected chi connectivity index (χ0v) is 20.8. The van der Waals surface area contributed by atoms with Crippen LogP contribution in [0.3, 0.4) is 0 Å². The number of nitrogens with zero attached hydrogens (tertiary/aromatic N) is 3. The number of aromatic nitrogens is 3. The lowest BCUT2D eigenvalue weighted by Gasteiger charge is -2.17. The lowest BCUT2D eigenvalue weighted by molar-refractivity contribution is 0.0474. The van der Waals surface area contributed by atoms with Crippen molar-refractivity contribution >= 4 is 35.0 Å². The van der Waals surface area contributed by atoms with Gasteiger partial charge in [-0.1, -0.05) is 41.4 Å². The number of ketones is 1. The van der Waals surface area contributed by atoms with Gasteiger partial charge in [-0.25, -0.2) is 9.48 Å². The molecular weight excluding hydrogens is 465 g/mol. The van der Waals surface area contributed by atoms with Crippen LogP contribution in [-0.2, 0) is 16.0 Å². The van der Waals surface area contributed by atoms with E-state index in [0.717, 1.165) is 17.0 Å². The number of benzene rings is 1. The number of aryl methyl sites for hydroxylation is 2. The first-order valence-electron chi connectivity index (χ1n) is 10.5. The molecule has 0 saturated heterocycles. The van der Waals surface area contributed by atoms with Crippen molar-refractivity contribution in [2.75, 3.05) is 20.3 Å². The van der Waals surface area contributed by atoms with E-state index in [1.54, 1.807) is 26.2 Å². The highest BCUT2D eigenvalue weighted by atomic mass is 35.5. The number of carbonyl (C=O) groups excluding carboxylic acids is 2. The van der Waals surface area contributed by atoms with E-state index in [-0.39, 0.29) is 22.5 Å². The van der Waals surface area contributed by atoms with Crippen molar-refractivity contribution in [3.8, 4) is 0 Å². The molecule has 0 spiro atoms. The highest BCUT2D eigenvalue weighted by molar-refractivity contribution is 6.33. The molecule has 2 heterocycles. The summed E-state index contributed by atoms with van der Waals surface area (Å²) in [6, 6.07) is 9.20. The van der Waals surface area contributed by atoms with Crippen LogP contribution in [0, 0.1) is 20.8 Å². The topological polar surface area (TPSA) is 75.3 Å². The van der Waals surface area contributed by atoms with Crippen molar-refractivity contribution in [1.29, 1.82) is 0 Å². The Hall–Kier alpha value is -2.61. The molecular formula is C24H27Cl2N3O4. The smallest absolute Gasteiger partial charge is 0.343 e. The van der Waals surface area contributed by atoms with Crippen LogP contribution in [0.2, 0.25) is 10.2 Å². The maximum absolute atomic E-state index is 12.8. The van der Waals surface area contributed by atoms with Gasteiger partial charge in [0.15, 0.2) is 6.61 Å². The van der Waals surface area contributed by atoms with E-state index in [4.69, 9.17) is 32.7 Å². The Balaban J connectivity index is 1.73. The van der Waals surface area contributed by atoms with Crippen LogP contribution < -0.4 is 0 Å². The van der Waals surface area contributed by atoms with Crippen molar-refractivity contribution in [3.63, 3.8) is 0 Å². The predicted molar refractivity (Wildman–Crippen MR) is 128 cm³/mol. The van der Waals surface area contributed by atoms with Crippen LogP contribution in [0.1, 0.15) is 56.3 Å². The predicted octanol–water partition coefficient (Wildman–Crippen LogP) is 5.21. The van der Waals surface area contributed by atoms with E-state index >= 15 is 0 Å². The fourth-order valence-corrected chi connectivity index (χ4v) is 4.52. The number of hydrogen-bond acceptors (Lipinski definition) is 5. The maximum Gasteiger partial charge on any atom is 0.343 e. The fourth-order valence-electron chi connectivity index (χ4n) is 4.01. The summed E-state index contributed by atoms with van der Waals surface area (Å²) in [4.78, 5) is 25.6. The first kappa shape index (κ1) is 25.0. The minimum atomic E-state index is -0.696. The molecule has 9 heteroatoms. The van der Waals surface area contributed by atoms with Crippen LogP contribution in [-0.4, -0.2) is 46.4 Å². The molecule has 1 atom stereocenters. The number of methoxy groups -OCH3 is 1. The summed E-state index contributed by atoms with van der Waals surface area (Å²) in [6.45, 7) is 7.91. The molecule has 0 saturated carbocycles. The quantitative estimate of drug-likeness (QED) is 0.303.